The molecule has 1 aliphatic heterocycles. The summed E-state index contributed by atoms with van der Waals surface area (Å²) in [6, 6.07) is 9.20. The minimum absolute atomic E-state index is 0.105. The summed E-state index contributed by atoms with van der Waals surface area (Å²) in [5.41, 5.74) is 5.61. The Balaban J connectivity index is 1.95. The van der Waals surface area contributed by atoms with E-state index < -0.39 is 30.4 Å². The lowest BCUT2D eigenvalue weighted by Crippen LogP contribution is -2.41. The van der Waals surface area contributed by atoms with E-state index in [9.17, 15) is 18.4 Å². The van der Waals surface area contributed by atoms with E-state index in [2.05, 4.69) is 0 Å². The van der Waals surface area contributed by atoms with Gasteiger partial charge in [0, 0.05) is 24.6 Å². The molecular weight excluding hydrogens is 318 g/mol. The standard InChI is InChI=1S/C17H20F2N2O3/c18-16(19)14(9-15(20)22)13-7-4-8-21(10-13)17(23)24-11-12-5-2-1-3-6-12/h1-3,5-6,13H,4,7-11H2,(H2,20,22). The van der Waals surface area contributed by atoms with Gasteiger partial charge < -0.3 is 15.4 Å². The van der Waals surface area contributed by atoms with Gasteiger partial charge in [0.15, 0.2) is 0 Å². The normalized spacial score (nSPS) is 17.2. The predicted octanol–water partition coefficient (Wildman–Crippen LogP) is 3.06. The first-order valence-electron chi connectivity index (χ1n) is 7.75. The van der Waals surface area contributed by atoms with Crippen LogP contribution in [0.15, 0.2) is 42.0 Å². The number of hydrogen-bond acceptors (Lipinski definition) is 3. The Morgan fingerprint density at radius 3 is 2.58 bits per heavy atom. The monoisotopic (exact) mass is 338 g/mol. The number of hydrogen-bond donors (Lipinski definition) is 1. The third-order valence-corrected chi connectivity index (χ3v) is 3.98. The summed E-state index contributed by atoms with van der Waals surface area (Å²) in [5.74, 6) is -1.37. The number of carbonyl (C=O) groups is 2. The van der Waals surface area contributed by atoms with Crippen molar-refractivity contribution in [2.24, 2.45) is 11.7 Å². The number of nitrogens with two attached hydrogens (primary N) is 1. The fourth-order valence-electron chi connectivity index (χ4n) is 2.79. The molecular formula is C17H20F2N2O3. The zero-order valence-corrected chi connectivity index (χ0v) is 13.2. The van der Waals surface area contributed by atoms with Crippen molar-refractivity contribution in [3.8, 4) is 0 Å². The third-order valence-electron chi connectivity index (χ3n) is 3.98. The maximum absolute atomic E-state index is 13.1. The van der Waals surface area contributed by atoms with Crippen LogP contribution in [0.4, 0.5) is 13.6 Å². The lowest BCUT2D eigenvalue weighted by atomic mass is 9.89. The molecule has 1 aromatic rings. The van der Waals surface area contributed by atoms with E-state index >= 15 is 0 Å². The minimum atomic E-state index is -1.89. The summed E-state index contributed by atoms with van der Waals surface area (Å²) < 4.78 is 31.4. The second-order valence-corrected chi connectivity index (χ2v) is 5.75. The lowest BCUT2D eigenvalue weighted by Gasteiger charge is -2.32. The van der Waals surface area contributed by atoms with Crippen molar-refractivity contribution in [1.82, 2.24) is 4.90 Å². The van der Waals surface area contributed by atoms with Crippen molar-refractivity contribution in [3.63, 3.8) is 0 Å². The van der Waals surface area contributed by atoms with Gasteiger partial charge in [-0.15, -0.1) is 0 Å². The van der Waals surface area contributed by atoms with Gasteiger partial charge in [-0.3, -0.25) is 4.79 Å². The molecule has 2 rings (SSSR count). The lowest BCUT2D eigenvalue weighted by molar-refractivity contribution is -0.117. The minimum Gasteiger partial charge on any atom is -0.445 e. The largest absolute Gasteiger partial charge is 0.445 e. The van der Waals surface area contributed by atoms with Gasteiger partial charge in [-0.05, 0) is 18.4 Å². The van der Waals surface area contributed by atoms with E-state index in [-0.39, 0.29) is 18.7 Å². The highest BCUT2D eigenvalue weighted by molar-refractivity contribution is 5.76. The first kappa shape index (κ1) is 17.9. The maximum Gasteiger partial charge on any atom is 0.410 e. The van der Waals surface area contributed by atoms with E-state index in [1.807, 2.05) is 30.3 Å². The Kier molecular flexibility index (Phi) is 6.28. The van der Waals surface area contributed by atoms with Gasteiger partial charge in [0.05, 0.1) is 6.42 Å². The van der Waals surface area contributed by atoms with Gasteiger partial charge in [-0.1, -0.05) is 30.3 Å². The van der Waals surface area contributed by atoms with Crippen LogP contribution in [0.5, 0.6) is 0 Å². The molecule has 2 N–H and O–H groups in total. The van der Waals surface area contributed by atoms with Crippen LogP contribution in [0, 0.1) is 5.92 Å². The highest BCUT2D eigenvalue weighted by Gasteiger charge is 2.29. The summed E-state index contributed by atoms with van der Waals surface area (Å²) in [5, 5.41) is 0. The molecule has 0 aromatic heterocycles. The Morgan fingerprint density at radius 2 is 1.96 bits per heavy atom. The number of benzene rings is 1. The maximum atomic E-state index is 13.1. The molecule has 1 fully saturated rings. The first-order chi connectivity index (χ1) is 11.5. The molecule has 0 saturated carbocycles. The number of primary amides is 1. The molecule has 2 amide bonds. The topological polar surface area (TPSA) is 72.6 Å². The van der Waals surface area contributed by atoms with Gasteiger partial charge in [0.1, 0.15) is 6.61 Å². The van der Waals surface area contributed by atoms with Crippen molar-refractivity contribution in [1.29, 1.82) is 0 Å². The summed E-state index contributed by atoms with van der Waals surface area (Å²) >= 11 is 0. The molecule has 5 nitrogen and oxygen atoms in total. The van der Waals surface area contributed by atoms with Gasteiger partial charge >= 0.3 is 6.09 Å². The number of rotatable bonds is 5. The van der Waals surface area contributed by atoms with Crippen molar-refractivity contribution in [2.45, 2.75) is 25.9 Å². The van der Waals surface area contributed by atoms with Crippen LogP contribution in [0.3, 0.4) is 0 Å². The van der Waals surface area contributed by atoms with Crippen LogP contribution in [-0.4, -0.2) is 30.0 Å². The molecule has 1 unspecified atom stereocenters. The molecule has 1 aromatic carbocycles. The summed E-state index contributed by atoms with van der Waals surface area (Å²) in [6.45, 7) is 0.678. The molecule has 0 spiro atoms. The van der Waals surface area contributed by atoms with E-state index in [0.29, 0.717) is 19.4 Å². The molecule has 1 heterocycles. The molecule has 1 atom stereocenters. The van der Waals surface area contributed by atoms with Gasteiger partial charge in [-0.25, -0.2) is 4.79 Å². The smallest absolute Gasteiger partial charge is 0.410 e. The second-order valence-electron chi connectivity index (χ2n) is 5.75. The van der Waals surface area contributed by atoms with E-state index in [0.717, 1.165) is 5.56 Å². The number of amides is 2. The molecule has 0 aliphatic carbocycles. The van der Waals surface area contributed by atoms with Crippen LogP contribution in [0.2, 0.25) is 0 Å². The highest BCUT2D eigenvalue weighted by Crippen LogP contribution is 2.29. The fourth-order valence-corrected chi connectivity index (χ4v) is 2.79. The summed E-state index contributed by atoms with van der Waals surface area (Å²) in [7, 11) is 0. The third kappa shape index (κ3) is 5.04. The molecule has 24 heavy (non-hydrogen) atoms. The molecule has 7 heteroatoms. The number of ether oxygens (including phenoxy) is 1. The van der Waals surface area contributed by atoms with Crippen LogP contribution in [0.1, 0.15) is 24.8 Å². The van der Waals surface area contributed by atoms with E-state index in [1.165, 1.54) is 4.90 Å². The quantitative estimate of drug-likeness (QED) is 0.897. The first-order valence-corrected chi connectivity index (χ1v) is 7.75. The number of halogens is 2. The van der Waals surface area contributed by atoms with Gasteiger partial charge in [0.25, 0.3) is 6.08 Å². The average molecular weight is 338 g/mol. The summed E-state index contributed by atoms with van der Waals surface area (Å²) in [4.78, 5) is 24.5. The van der Waals surface area contributed by atoms with Crippen LogP contribution < -0.4 is 5.73 Å². The fraction of sp³-hybridized carbons (Fsp3) is 0.412. The molecule has 0 bridgehead atoms. The Bertz CT molecular complexity index is 616. The van der Waals surface area contributed by atoms with E-state index in [4.69, 9.17) is 10.5 Å². The zero-order valence-electron chi connectivity index (χ0n) is 13.2. The zero-order chi connectivity index (χ0) is 17.5. The molecule has 1 aliphatic rings. The second kappa shape index (κ2) is 8.42. The summed E-state index contributed by atoms with van der Waals surface area (Å²) in [6.07, 6.45) is -1.86. The van der Waals surface area contributed by atoms with E-state index in [1.54, 1.807) is 0 Å². The molecule has 130 valence electrons. The number of likely N-dealkylation sites (tertiary alicyclic amines) is 1. The highest BCUT2D eigenvalue weighted by atomic mass is 19.3. The van der Waals surface area contributed by atoms with Crippen molar-refractivity contribution >= 4 is 12.0 Å². The van der Waals surface area contributed by atoms with Gasteiger partial charge in [0.2, 0.25) is 5.91 Å². The molecule has 1 saturated heterocycles. The molecule has 0 radical (unpaired) electrons. The van der Waals surface area contributed by atoms with Crippen molar-refractivity contribution in [2.75, 3.05) is 13.1 Å². The Hall–Kier alpha value is -2.44. The van der Waals surface area contributed by atoms with Crippen LogP contribution in [0.25, 0.3) is 0 Å². The SMILES string of the molecule is NC(=O)CC(=C(F)F)C1CCCN(C(=O)OCc2ccccc2)C1. The Labute approximate surface area is 139 Å². The van der Waals surface area contributed by atoms with Crippen molar-refractivity contribution in [3.05, 3.63) is 47.5 Å². The van der Waals surface area contributed by atoms with Gasteiger partial charge in [-0.2, -0.15) is 8.78 Å². The number of carbonyl (C=O) groups excluding carboxylic acids is 2. The predicted molar refractivity (Wildman–Crippen MR) is 84.0 cm³/mol. The average Bonchev–Trinajstić information content (AvgIpc) is 2.58. The van der Waals surface area contributed by atoms with Crippen LogP contribution in [-0.2, 0) is 16.1 Å². The van der Waals surface area contributed by atoms with Crippen LogP contribution >= 0.6 is 0 Å². The Morgan fingerprint density at radius 1 is 1.25 bits per heavy atom. The number of nitrogens with zero attached hydrogens (tertiary/aromatic N) is 1. The number of piperidine rings is 1. The van der Waals surface area contributed by atoms with Crippen molar-refractivity contribution < 1.29 is 23.1 Å².